The molecule has 1 spiro atoms. The Morgan fingerprint density at radius 1 is 1.00 bits per heavy atom. The zero-order valence-corrected chi connectivity index (χ0v) is 38.5. The van der Waals surface area contributed by atoms with Crippen LogP contribution in [0.25, 0.3) is 11.3 Å². The van der Waals surface area contributed by atoms with Crippen molar-refractivity contribution in [1.29, 1.82) is 0 Å². The minimum atomic E-state index is -4.71. The minimum absolute atomic E-state index is 0.0174. The molecule has 2 aliphatic heterocycles. The number of alkyl halides is 3. The van der Waals surface area contributed by atoms with E-state index < -0.39 is 28.9 Å². The fourth-order valence-electron chi connectivity index (χ4n) is 9.59. The lowest BCUT2D eigenvalue weighted by Gasteiger charge is -2.46. The van der Waals surface area contributed by atoms with Crippen LogP contribution in [0.4, 0.5) is 29.2 Å². The Bertz CT molecular complexity index is 2350. The largest absolute Gasteiger partial charge is 0.419 e. The van der Waals surface area contributed by atoms with E-state index in [0.29, 0.717) is 42.1 Å². The third kappa shape index (κ3) is 13.6. The summed E-state index contributed by atoms with van der Waals surface area (Å²) >= 11 is 0.857. The van der Waals surface area contributed by atoms with Gasteiger partial charge >= 0.3 is 6.18 Å². The standard InChI is InChI=1S/C31H42N2O3.C18H18F4N6OS/c34-29-12-11-28(30(35)32-29)26-10-4-8-24(22-26)9-5-21-36-27-13-15-31(16-14-27)17-19-33(20-18-31)23-25-6-2-1-3-7-25;1-17(2,29)9-28-8-10(6-25-28)15-12(18(20,21)22)7-24-16(27-15)26-14-4-3-11(30-23)5-13(14)19/h4,8,10,22,25,27-28H,1-3,6-7,11-21,23H2,(H,32,34,35);3-8,29H,9,23H2,1-2H3,(H,24,26,27). The molecule has 354 valence electrons. The predicted octanol–water partition coefficient (Wildman–Crippen LogP) is 9.16. The summed E-state index contributed by atoms with van der Waals surface area (Å²) in [4.78, 5) is 34.4. The van der Waals surface area contributed by atoms with Gasteiger partial charge in [-0.1, -0.05) is 43.2 Å². The fraction of sp³-hybridized carbons (Fsp3) is 0.531. The Morgan fingerprint density at radius 3 is 2.44 bits per heavy atom. The maximum atomic E-state index is 14.2. The van der Waals surface area contributed by atoms with Crippen LogP contribution in [-0.2, 0) is 27.0 Å². The molecule has 2 amide bonds. The van der Waals surface area contributed by atoms with E-state index in [0.717, 1.165) is 41.8 Å². The van der Waals surface area contributed by atoms with Crippen LogP contribution in [0.1, 0.15) is 120 Å². The van der Waals surface area contributed by atoms with Crippen molar-refractivity contribution in [2.24, 2.45) is 16.5 Å². The van der Waals surface area contributed by atoms with Gasteiger partial charge in [0.2, 0.25) is 17.8 Å². The number of hydrogen-bond donors (Lipinski definition) is 4. The summed E-state index contributed by atoms with van der Waals surface area (Å²) in [5, 5.41) is 24.3. The molecule has 2 aromatic heterocycles. The fourth-order valence-corrected chi connectivity index (χ4v) is 9.91. The molecule has 4 aliphatic rings. The molecule has 0 bridgehead atoms. The first-order chi connectivity index (χ1) is 31.5. The number of halogens is 4. The highest BCUT2D eigenvalue weighted by molar-refractivity contribution is 7.97. The second-order valence-electron chi connectivity index (χ2n) is 18.8. The summed E-state index contributed by atoms with van der Waals surface area (Å²) in [6.45, 7) is 7.56. The van der Waals surface area contributed by atoms with Crippen molar-refractivity contribution >= 4 is 35.4 Å². The monoisotopic (exact) mass is 932 g/mol. The van der Waals surface area contributed by atoms with Gasteiger partial charge in [0.25, 0.3) is 0 Å². The van der Waals surface area contributed by atoms with Crippen LogP contribution in [0, 0.1) is 29.0 Å². The van der Waals surface area contributed by atoms with E-state index in [9.17, 15) is 32.3 Å². The van der Waals surface area contributed by atoms with Crippen LogP contribution in [-0.4, -0.2) is 79.5 Å². The summed E-state index contributed by atoms with van der Waals surface area (Å²) < 4.78 is 62.1. The van der Waals surface area contributed by atoms with Gasteiger partial charge < -0.3 is 20.1 Å². The summed E-state index contributed by atoms with van der Waals surface area (Å²) in [6, 6.07) is 11.9. The third-order valence-electron chi connectivity index (χ3n) is 13.2. The van der Waals surface area contributed by atoms with Gasteiger partial charge in [-0.25, -0.2) is 14.4 Å². The molecule has 5 N–H and O–H groups in total. The van der Waals surface area contributed by atoms with Gasteiger partial charge in [0.05, 0.1) is 41.7 Å². The van der Waals surface area contributed by atoms with Crippen LogP contribution in [0.5, 0.6) is 0 Å². The summed E-state index contributed by atoms with van der Waals surface area (Å²) in [5.41, 5.74) is -0.157. The van der Waals surface area contributed by atoms with E-state index in [1.807, 2.05) is 24.3 Å². The van der Waals surface area contributed by atoms with E-state index in [-0.39, 0.29) is 41.5 Å². The molecular formula is C49H60F4N8O4S. The van der Waals surface area contributed by atoms with Crippen molar-refractivity contribution in [3.05, 3.63) is 83.6 Å². The molecular weight excluding hydrogens is 873 g/mol. The number of piperidine rings is 2. The lowest BCUT2D eigenvalue weighted by Crippen LogP contribution is -2.44. The number of rotatable bonds is 11. The lowest BCUT2D eigenvalue weighted by atomic mass is 9.67. The average molecular weight is 933 g/mol. The second-order valence-corrected chi connectivity index (χ2v) is 19.5. The zero-order valence-electron chi connectivity index (χ0n) is 37.6. The van der Waals surface area contributed by atoms with Crippen molar-refractivity contribution in [1.82, 2.24) is 30.0 Å². The number of ether oxygens (including phenoxy) is 1. The van der Waals surface area contributed by atoms with E-state index >= 15 is 0 Å². The number of nitrogens with zero attached hydrogens (tertiary/aromatic N) is 5. The van der Waals surface area contributed by atoms with Gasteiger partial charge in [0.1, 0.15) is 18.0 Å². The summed E-state index contributed by atoms with van der Waals surface area (Å²) in [6.07, 6.45) is 14.7. The predicted molar refractivity (Wildman–Crippen MR) is 246 cm³/mol. The number of hydrogen-bond acceptors (Lipinski definition) is 11. The van der Waals surface area contributed by atoms with Crippen LogP contribution in [0.2, 0.25) is 0 Å². The highest BCUT2D eigenvalue weighted by Crippen LogP contribution is 2.45. The van der Waals surface area contributed by atoms with Crippen LogP contribution >= 0.6 is 11.9 Å². The second kappa shape index (κ2) is 21.8. The summed E-state index contributed by atoms with van der Waals surface area (Å²) in [7, 11) is 0. The SMILES string of the molecule is CC(C)(O)Cn1cc(-c2nc(Nc3ccc(SN)cc3F)ncc2C(F)(F)F)cn1.O=C1CCC(c2cccc(C#CCOC3CCC4(CC3)CCN(CC3CCCCC3)CC4)c2)C(=O)N1. The van der Waals surface area contributed by atoms with Crippen molar-refractivity contribution in [3.63, 3.8) is 0 Å². The first kappa shape index (κ1) is 49.1. The average Bonchev–Trinajstić information content (AvgIpc) is 3.75. The number of amides is 2. The molecule has 8 rings (SSSR count). The number of aromatic nitrogens is 4. The van der Waals surface area contributed by atoms with Gasteiger partial charge in [0.15, 0.2) is 0 Å². The molecule has 66 heavy (non-hydrogen) atoms. The van der Waals surface area contributed by atoms with Crippen LogP contribution in [0.3, 0.4) is 0 Å². The molecule has 0 radical (unpaired) electrons. The van der Waals surface area contributed by atoms with Crippen molar-refractivity contribution < 1.29 is 37.0 Å². The molecule has 2 aliphatic carbocycles. The number of nitrogens with one attached hydrogen (secondary N) is 2. The first-order valence-electron chi connectivity index (χ1n) is 22.9. The Hall–Kier alpha value is -4.86. The number of carbonyl (C=O) groups is 2. The molecule has 2 saturated carbocycles. The third-order valence-corrected chi connectivity index (χ3v) is 13.7. The van der Waals surface area contributed by atoms with Gasteiger partial charge in [-0.15, -0.1) is 0 Å². The number of anilines is 2. The van der Waals surface area contributed by atoms with Gasteiger partial charge in [-0.3, -0.25) is 24.7 Å². The minimum Gasteiger partial charge on any atom is -0.389 e. The van der Waals surface area contributed by atoms with Gasteiger partial charge in [-0.05, 0) is 144 Å². The number of benzene rings is 2. The molecule has 2 saturated heterocycles. The number of likely N-dealkylation sites (tertiary alicyclic amines) is 1. The molecule has 4 aromatic rings. The Morgan fingerprint density at radius 2 is 1.76 bits per heavy atom. The lowest BCUT2D eigenvalue weighted by molar-refractivity contribution is -0.137. The van der Waals surface area contributed by atoms with E-state index in [1.165, 1.54) is 107 Å². The van der Waals surface area contributed by atoms with Crippen molar-refractivity contribution in [2.45, 2.75) is 133 Å². The smallest absolute Gasteiger partial charge is 0.389 e. The van der Waals surface area contributed by atoms with E-state index in [2.05, 4.69) is 42.4 Å². The maximum absolute atomic E-state index is 14.2. The molecule has 1 unspecified atom stereocenters. The van der Waals surface area contributed by atoms with E-state index in [4.69, 9.17) is 9.88 Å². The first-order valence-corrected chi connectivity index (χ1v) is 23.8. The quantitative estimate of drug-likeness (QED) is 0.0492. The highest BCUT2D eigenvalue weighted by Gasteiger charge is 2.39. The molecule has 4 fully saturated rings. The van der Waals surface area contributed by atoms with Gasteiger partial charge in [-0.2, -0.15) is 18.3 Å². The Labute approximate surface area is 388 Å². The normalized spacial score (nSPS) is 19.7. The van der Waals surface area contributed by atoms with Crippen LogP contribution in [0.15, 0.2) is 66.0 Å². The van der Waals surface area contributed by atoms with E-state index in [1.54, 1.807) is 19.9 Å². The maximum Gasteiger partial charge on any atom is 0.419 e. The Kier molecular flexibility index (Phi) is 16.2. The topological polar surface area (TPSA) is 161 Å². The van der Waals surface area contributed by atoms with Gasteiger partial charge in [0, 0.05) is 41.4 Å². The highest BCUT2D eigenvalue weighted by atomic mass is 32.2. The molecule has 2 aromatic carbocycles. The molecule has 4 heterocycles. The number of aliphatic hydroxyl groups is 1. The molecule has 17 heteroatoms. The summed E-state index contributed by atoms with van der Waals surface area (Å²) in [5.74, 6) is 5.80. The molecule has 12 nitrogen and oxygen atoms in total. The number of nitrogens with two attached hydrogens (primary N) is 1. The Balaban J connectivity index is 0.000000200. The number of carbonyl (C=O) groups excluding carboxylic acids is 2. The van der Waals surface area contributed by atoms with Crippen molar-refractivity contribution in [2.75, 3.05) is 31.6 Å². The molecule has 1 atom stereocenters. The number of imide groups is 1. The van der Waals surface area contributed by atoms with Crippen LogP contribution < -0.4 is 15.8 Å². The van der Waals surface area contributed by atoms with Crippen molar-refractivity contribution in [3.8, 4) is 23.1 Å². The zero-order chi connectivity index (χ0) is 46.9.